The van der Waals surface area contributed by atoms with Crippen LogP contribution in [0.5, 0.6) is 0 Å². The number of nitrogens with zero attached hydrogens (tertiary/aromatic N) is 3. The van der Waals surface area contributed by atoms with E-state index in [4.69, 9.17) is 11.6 Å². The van der Waals surface area contributed by atoms with E-state index in [1.165, 1.54) is 12.1 Å². The summed E-state index contributed by atoms with van der Waals surface area (Å²) >= 11 is 6.51. The van der Waals surface area contributed by atoms with Gasteiger partial charge in [-0.2, -0.15) is 5.10 Å². The number of aliphatic hydroxyl groups is 1. The Morgan fingerprint density at radius 2 is 2.04 bits per heavy atom. The smallest absolute Gasteiger partial charge is 0.132 e. The van der Waals surface area contributed by atoms with Crippen molar-refractivity contribution >= 4 is 11.6 Å². The summed E-state index contributed by atoms with van der Waals surface area (Å²) in [5.41, 5.74) is 2.92. The Bertz CT molecular complexity index is 671. The van der Waals surface area contributed by atoms with Gasteiger partial charge in [-0.15, -0.1) is 0 Å². The molecule has 1 aliphatic rings. The van der Waals surface area contributed by atoms with E-state index in [0.717, 1.165) is 42.9 Å². The van der Waals surface area contributed by atoms with Crippen LogP contribution in [-0.2, 0) is 13.1 Å². The van der Waals surface area contributed by atoms with Gasteiger partial charge in [0.05, 0.1) is 12.2 Å². The van der Waals surface area contributed by atoms with E-state index in [9.17, 15) is 9.50 Å². The Hall–Kier alpha value is -1.43. The maximum absolute atomic E-state index is 13.0. The Labute approximate surface area is 140 Å². The van der Waals surface area contributed by atoms with Crippen molar-refractivity contribution in [2.75, 3.05) is 19.7 Å². The second-order valence-corrected chi connectivity index (χ2v) is 6.57. The SMILES string of the molecule is Cc1nn(Cc2ccc(F)cc2)c(Cl)c1CN1CCC(CO)C1. The minimum absolute atomic E-state index is 0.243. The van der Waals surface area contributed by atoms with Crippen molar-refractivity contribution in [2.24, 2.45) is 5.92 Å². The predicted molar refractivity (Wildman–Crippen MR) is 87.9 cm³/mol. The van der Waals surface area contributed by atoms with Crippen molar-refractivity contribution in [3.8, 4) is 0 Å². The Morgan fingerprint density at radius 1 is 1.30 bits per heavy atom. The fourth-order valence-corrected chi connectivity index (χ4v) is 3.36. The Balaban J connectivity index is 1.73. The molecule has 1 aliphatic heterocycles. The molecule has 4 nitrogen and oxygen atoms in total. The van der Waals surface area contributed by atoms with Crippen LogP contribution in [0, 0.1) is 18.7 Å². The highest BCUT2D eigenvalue weighted by Gasteiger charge is 2.24. The number of aromatic nitrogens is 2. The minimum atomic E-state index is -0.246. The highest BCUT2D eigenvalue weighted by molar-refractivity contribution is 6.30. The Kier molecular flexibility index (Phi) is 4.99. The van der Waals surface area contributed by atoms with E-state index in [-0.39, 0.29) is 12.4 Å². The number of likely N-dealkylation sites (tertiary alicyclic amines) is 1. The number of hydrogen-bond donors (Lipinski definition) is 1. The molecule has 2 heterocycles. The molecule has 1 fully saturated rings. The first kappa shape index (κ1) is 16.4. The second-order valence-electron chi connectivity index (χ2n) is 6.21. The minimum Gasteiger partial charge on any atom is -0.396 e. The molecule has 1 atom stereocenters. The normalized spacial score (nSPS) is 18.7. The van der Waals surface area contributed by atoms with Gasteiger partial charge in [0.25, 0.3) is 0 Å². The van der Waals surface area contributed by atoms with Crippen LogP contribution in [0.3, 0.4) is 0 Å². The van der Waals surface area contributed by atoms with E-state index in [1.54, 1.807) is 16.8 Å². The summed E-state index contributed by atoms with van der Waals surface area (Å²) in [6, 6.07) is 6.38. The number of rotatable bonds is 5. The summed E-state index contributed by atoms with van der Waals surface area (Å²) in [5, 5.41) is 14.4. The average Bonchev–Trinajstić information content (AvgIpc) is 3.10. The van der Waals surface area contributed by atoms with Crippen LogP contribution in [0.15, 0.2) is 24.3 Å². The molecular formula is C17H21ClFN3O. The standard InChI is InChI=1S/C17H21ClFN3O/c1-12-16(10-21-7-6-14(8-21)11-23)17(18)22(20-12)9-13-2-4-15(19)5-3-13/h2-5,14,23H,6-11H2,1H3. The van der Waals surface area contributed by atoms with Crippen molar-refractivity contribution in [3.05, 3.63) is 52.1 Å². The third-order valence-corrected chi connectivity index (χ3v) is 4.86. The second kappa shape index (κ2) is 6.99. The number of hydrogen-bond acceptors (Lipinski definition) is 3. The topological polar surface area (TPSA) is 41.3 Å². The monoisotopic (exact) mass is 337 g/mol. The quantitative estimate of drug-likeness (QED) is 0.912. The van der Waals surface area contributed by atoms with Crippen LogP contribution < -0.4 is 0 Å². The molecule has 1 unspecified atom stereocenters. The van der Waals surface area contributed by atoms with Gasteiger partial charge >= 0.3 is 0 Å². The zero-order valence-corrected chi connectivity index (χ0v) is 13.9. The van der Waals surface area contributed by atoms with E-state index in [2.05, 4.69) is 10.00 Å². The summed E-state index contributed by atoms with van der Waals surface area (Å²) in [6.45, 7) is 5.36. The van der Waals surface area contributed by atoms with Gasteiger partial charge in [0.1, 0.15) is 11.0 Å². The molecule has 0 radical (unpaired) electrons. The molecular weight excluding hydrogens is 317 g/mol. The molecule has 6 heteroatoms. The van der Waals surface area contributed by atoms with Crippen molar-refractivity contribution in [1.29, 1.82) is 0 Å². The molecule has 1 N–H and O–H groups in total. The number of aliphatic hydroxyl groups excluding tert-OH is 1. The first-order chi connectivity index (χ1) is 11.1. The summed E-state index contributed by atoms with van der Waals surface area (Å²) in [6.07, 6.45) is 1.02. The molecule has 0 saturated carbocycles. The van der Waals surface area contributed by atoms with Gasteiger partial charge in [0, 0.05) is 25.3 Å². The molecule has 1 saturated heterocycles. The summed E-state index contributed by atoms with van der Waals surface area (Å²) in [4.78, 5) is 2.30. The molecule has 1 aromatic carbocycles. The summed E-state index contributed by atoms with van der Waals surface area (Å²) < 4.78 is 14.8. The highest BCUT2D eigenvalue weighted by Crippen LogP contribution is 2.25. The highest BCUT2D eigenvalue weighted by atomic mass is 35.5. The lowest BCUT2D eigenvalue weighted by Crippen LogP contribution is -2.21. The lowest BCUT2D eigenvalue weighted by molar-refractivity contribution is 0.220. The fourth-order valence-electron chi connectivity index (χ4n) is 3.07. The van der Waals surface area contributed by atoms with Crippen LogP contribution in [0.2, 0.25) is 5.15 Å². The maximum atomic E-state index is 13.0. The van der Waals surface area contributed by atoms with E-state index < -0.39 is 0 Å². The fraction of sp³-hybridized carbons (Fsp3) is 0.471. The van der Waals surface area contributed by atoms with Gasteiger partial charge in [0.15, 0.2) is 0 Å². The molecule has 124 valence electrons. The average molecular weight is 338 g/mol. The van der Waals surface area contributed by atoms with Gasteiger partial charge in [0.2, 0.25) is 0 Å². The van der Waals surface area contributed by atoms with E-state index in [1.807, 2.05) is 6.92 Å². The summed E-state index contributed by atoms with van der Waals surface area (Å²) in [7, 11) is 0. The van der Waals surface area contributed by atoms with Gasteiger partial charge in [-0.05, 0) is 43.5 Å². The van der Waals surface area contributed by atoms with Gasteiger partial charge < -0.3 is 5.11 Å². The molecule has 2 aromatic rings. The van der Waals surface area contributed by atoms with E-state index in [0.29, 0.717) is 17.6 Å². The number of benzene rings is 1. The first-order valence-electron chi connectivity index (χ1n) is 7.86. The molecule has 3 rings (SSSR count). The van der Waals surface area contributed by atoms with Crippen molar-refractivity contribution in [2.45, 2.75) is 26.4 Å². The van der Waals surface area contributed by atoms with Crippen molar-refractivity contribution < 1.29 is 9.50 Å². The van der Waals surface area contributed by atoms with Crippen molar-refractivity contribution in [1.82, 2.24) is 14.7 Å². The maximum Gasteiger partial charge on any atom is 0.132 e. The lowest BCUT2D eigenvalue weighted by Gasteiger charge is -2.15. The largest absolute Gasteiger partial charge is 0.396 e. The number of halogens is 2. The summed E-state index contributed by atoms with van der Waals surface area (Å²) in [5.74, 6) is 0.119. The molecule has 1 aromatic heterocycles. The molecule has 0 bridgehead atoms. The predicted octanol–water partition coefficient (Wildman–Crippen LogP) is 2.85. The van der Waals surface area contributed by atoms with Crippen LogP contribution in [0.1, 0.15) is 23.2 Å². The Morgan fingerprint density at radius 3 is 2.70 bits per heavy atom. The molecule has 23 heavy (non-hydrogen) atoms. The zero-order valence-electron chi connectivity index (χ0n) is 13.2. The van der Waals surface area contributed by atoms with Gasteiger partial charge in [-0.3, -0.25) is 4.90 Å². The van der Waals surface area contributed by atoms with Crippen LogP contribution in [0.4, 0.5) is 4.39 Å². The molecule has 0 spiro atoms. The third kappa shape index (κ3) is 3.74. The third-order valence-electron chi connectivity index (χ3n) is 4.44. The van der Waals surface area contributed by atoms with Crippen LogP contribution >= 0.6 is 11.6 Å². The van der Waals surface area contributed by atoms with Gasteiger partial charge in [-0.1, -0.05) is 23.7 Å². The zero-order chi connectivity index (χ0) is 16.4. The number of aryl methyl sites for hydroxylation is 1. The van der Waals surface area contributed by atoms with Gasteiger partial charge in [-0.25, -0.2) is 9.07 Å². The molecule has 0 aliphatic carbocycles. The van der Waals surface area contributed by atoms with Crippen molar-refractivity contribution in [3.63, 3.8) is 0 Å². The van der Waals surface area contributed by atoms with Crippen LogP contribution in [0.25, 0.3) is 0 Å². The van der Waals surface area contributed by atoms with Crippen LogP contribution in [-0.4, -0.2) is 39.5 Å². The van der Waals surface area contributed by atoms with E-state index >= 15 is 0 Å². The lowest BCUT2D eigenvalue weighted by atomic mass is 10.1. The molecule has 0 amide bonds. The first-order valence-corrected chi connectivity index (χ1v) is 8.24.